The maximum Gasteiger partial charge on any atom is 0.330 e. The summed E-state index contributed by atoms with van der Waals surface area (Å²) in [5.74, 6) is 1.43. The number of aromatic amines is 1. The van der Waals surface area contributed by atoms with E-state index in [0.717, 1.165) is 46.7 Å². The summed E-state index contributed by atoms with van der Waals surface area (Å²) in [5.41, 5.74) is 0.500. The zero-order valence-electron chi connectivity index (χ0n) is 35.2. The lowest BCUT2D eigenvalue weighted by Crippen LogP contribution is -2.58. The molecule has 0 radical (unpaired) electrons. The van der Waals surface area contributed by atoms with Crippen LogP contribution < -0.4 is 31.1 Å². The Bertz CT molecular complexity index is 2410. The van der Waals surface area contributed by atoms with E-state index < -0.39 is 51.9 Å². The molecular formula is C49H52N3O8PSi. The molecule has 9 rings (SSSR count). The molecule has 1 aromatic heterocycles. The minimum atomic E-state index is -2.26. The van der Waals surface area contributed by atoms with Gasteiger partial charge < -0.3 is 33.0 Å². The maximum absolute atomic E-state index is 13.3. The number of ether oxygens (including phenoxy) is 4. The van der Waals surface area contributed by atoms with Crippen LogP contribution >= 0.6 is 8.53 Å². The Labute approximate surface area is 364 Å². The molecule has 13 heteroatoms. The van der Waals surface area contributed by atoms with Gasteiger partial charge in [-0.25, -0.2) is 14.0 Å². The fraction of sp³-hybridized carbons (Fsp3) is 0.306. The van der Waals surface area contributed by atoms with Gasteiger partial charge in [0.2, 0.25) is 0 Å². The summed E-state index contributed by atoms with van der Waals surface area (Å²) in [5, 5.41) is 2.74. The minimum absolute atomic E-state index is 0.0380. The van der Waals surface area contributed by atoms with Crippen molar-refractivity contribution in [1.82, 2.24) is 14.2 Å². The molecule has 3 saturated heterocycles. The van der Waals surface area contributed by atoms with E-state index in [4.69, 9.17) is 28.0 Å². The van der Waals surface area contributed by atoms with Crippen molar-refractivity contribution >= 4 is 27.0 Å². The molecule has 11 nitrogen and oxygen atoms in total. The first kappa shape index (κ1) is 42.1. The molecule has 0 aliphatic carbocycles. The van der Waals surface area contributed by atoms with Crippen LogP contribution in [-0.4, -0.2) is 74.0 Å². The van der Waals surface area contributed by atoms with Gasteiger partial charge >= 0.3 is 5.69 Å². The van der Waals surface area contributed by atoms with Crippen molar-refractivity contribution < 1.29 is 28.0 Å². The molecule has 0 bridgehead atoms. The smallest absolute Gasteiger partial charge is 0.330 e. The lowest BCUT2D eigenvalue weighted by molar-refractivity contribution is -0.0925. The fourth-order valence-corrected chi connectivity index (χ4v) is 15.5. The van der Waals surface area contributed by atoms with E-state index in [2.05, 4.69) is 89.0 Å². The SMILES string of the molecule is COc1ccc(C(OC[C@H]2O[C@@H](n3c(=O)cc[nH]c3=O)C[C@@H]2OP2O[C@H](C[Si](C)(c3ccccc3)c3ccccc3)[C@@H]3CCCN32)(c2ccccc2)c2ccc(OC)cc2)cc1. The molecule has 5 aromatic carbocycles. The standard InChI is InChI=1S/C49H52N3O8PSi/c1-55-38-25-21-36(22-26-38)49(35-14-7-4-8-15-35,37-23-27-39(56-2)28-24-37)57-33-44-43(32-47(58-44)52-46(53)29-30-50-48(52)54)59-61-51-31-13-20-42(51)45(60-61)34-62(3,40-16-9-5-10-17-40)41-18-11-6-12-19-41/h4-12,14-19,21-30,42-45,47H,13,20,31-34H2,1-3H3,(H,50,54)/t42-,43-,44+,45+,47+,61?/m0/s1. The number of benzene rings is 5. The number of methoxy groups -OCH3 is 2. The third-order valence-electron chi connectivity index (χ3n) is 12.8. The molecule has 0 spiro atoms. The summed E-state index contributed by atoms with van der Waals surface area (Å²) in [7, 11) is -0.488. The minimum Gasteiger partial charge on any atom is -0.497 e. The van der Waals surface area contributed by atoms with Crippen LogP contribution in [0, 0.1) is 0 Å². The number of hydrogen-bond donors (Lipinski definition) is 1. The van der Waals surface area contributed by atoms with Crippen LogP contribution in [0.1, 0.15) is 42.2 Å². The molecule has 3 fully saturated rings. The van der Waals surface area contributed by atoms with Crippen LogP contribution in [0.25, 0.3) is 0 Å². The van der Waals surface area contributed by atoms with E-state index in [9.17, 15) is 9.59 Å². The highest BCUT2D eigenvalue weighted by atomic mass is 31.2. The number of nitrogens with zero attached hydrogens (tertiary/aromatic N) is 2. The van der Waals surface area contributed by atoms with Crippen molar-refractivity contribution in [3.8, 4) is 11.5 Å². The molecule has 0 amide bonds. The molecule has 1 unspecified atom stereocenters. The van der Waals surface area contributed by atoms with Crippen molar-refractivity contribution in [2.75, 3.05) is 27.4 Å². The first-order valence-electron chi connectivity index (χ1n) is 21.3. The zero-order chi connectivity index (χ0) is 42.7. The second-order valence-corrected chi connectivity index (χ2v) is 22.0. The van der Waals surface area contributed by atoms with Crippen LogP contribution in [0.3, 0.4) is 0 Å². The normalized spacial score (nSPS) is 22.7. The molecule has 320 valence electrons. The second-order valence-electron chi connectivity index (χ2n) is 16.3. The summed E-state index contributed by atoms with van der Waals surface area (Å²) < 4.78 is 43.0. The zero-order valence-corrected chi connectivity index (χ0v) is 37.1. The quantitative estimate of drug-likeness (QED) is 0.0650. The summed E-state index contributed by atoms with van der Waals surface area (Å²) in [4.78, 5) is 29.2. The van der Waals surface area contributed by atoms with E-state index in [1.807, 2.05) is 66.7 Å². The van der Waals surface area contributed by atoms with Gasteiger partial charge in [-0.1, -0.05) is 132 Å². The predicted octanol–water partition coefficient (Wildman–Crippen LogP) is 7.22. The first-order valence-corrected chi connectivity index (χ1v) is 25.1. The Morgan fingerprint density at radius 2 is 1.31 bits per heavy atom. The molecule has 1 N–H and O–H groups in total. The highest BCUT2D eigenvalue weighted by molar-refractivity contribution is 7.45. The van der Waals surface area contributed by atoms with E-state index in [0.29, 0.717) is 11.5 Å². The number of hydrogen-bond acceptors (Lipinski definition) is 9. The van der Waals surface area contributed by atoms with Crippen LogP contribution in [-0.2, 0) is 24.1 Å². The number of rotatable bonds is 15. The number of fused-ring (bicyclic) bond motifs is 1. The van der Waals surface area contributed by atoms with Gasteiger partial charge in [-0.3, -0.25) is 4.79 Å². The highest BCUT2D eigenvalue weighted by Crippen LogP contribution is 2.59. The van der Waals surface area contributed by atoms with E-state index in [-0.39, 0.29) is 25.2 Å². The van der Waals surface area contributed by atoms with Gasteiger partial charge in [0, 0.05) is 31.3 Å². The van der Waals surface area contributed by atoms with Crippen molar-refractivity contribution in [3.05, 3.63) is 189 Å². The number of H-pyrrole nitrogens is 1. The lowest BCUT2D eigenvalue weighted by atomic mass is 9.80. The molecule has 3 aliphatic rings. The van der Waals surface area contributed by atoms with Crippen LogP contribution in [0.5, 0.6) is 11.5 Å². The van der Waals surface area contributed by atoms with Gasteiger partial charge in [-0.2, -0.15) is 0 Å². The van der Waals surface area contributed by atoms with E-state index in [1.165, 1.54) is 22.6 Å². The average Bonchev–Trinajstić information content (AvgIpc) is 4.05. The summed E-state index contributed by atoms with van der Waals surface area (Å²) in [6, 6.07) is 50.0. The molecule has 6 atom stereocenters. The fourth-order valence-electron chi connectivity index (χ4n) is 9.50. The Balaban J connectivity index is 1.06. The predicted molar refractivity (Wildman–Crippen MR) is 243 cm³/mol. The molecule has 6 aromatic rings. The largest absolute Gasteiger partial charge is 0.497 e. The highest BCUT2D eigenvalue weighted by Gasteiger charge is 2.52. The summed E-state index contributed by atoms with van der Waals surface area (Å²) in [6.45, 7) is 3.37. The molecule has 4 heterocycles. The van der Waals surface area contributed by atoms with Crippen LogP contribution in [0.15, 0.2) is 161 Å². The van der Waals surface area contributed by atoms with Crippen molar-refractivity contribution in [2.24, 2.45) is 0 Å². The second kappa shape index (κ2) is 18.3. The molecule has 62 heavy (non-hydrogen) atoms. The third kappa shape index (κ3) is 8.12. The first-order chi connectivity index (χ1) is 30.3. The van der Waals surface area contributed by atoms with Gasteiger partial charge in [0.05, 0.1) is 33.0 Å². The molecule has 3 aliphatic heterocycles. The maximum atomic E-state index is 13.3. The van der Waals surface area contributed by atoms with Gasteiger partial charge in [-0.15, -0.1) is 0 Å². The Kier molecular flexibility index (Phi) is 12.4. The summed E-state index contributed by atoms with van der Waals surface area (Å²) >= 11 is 0. The van der Waals surface area contributed by atoms with E-state index in [1.54, 1.807) is 14.2 Å². The van der Waals surface area contributed by atoms with Crippen molar-refractivity contribution in [2.45, 2.75) is 68.0 Å². The summed E-state index contributed by atoms with van der Waals surface area (Å²) in [6.07, 6.45) is 1.48. The van der Waals surface area contributed by atoms with Gasteiger partial charge in [0.1, 0.15) is 37.5 Å². The van der Waals surface area contributed by atoms with Crippen LogP contribution in [0.2, 0.25) is 12.6 Å². The number of aromatic nitrogens is 2. The Hall–Kier alpha value is -5.17. The van der Waals surface area contributed by atoms with Crippen molar-refractivity contribution in [1.29, 1.82) is 0 Å². The van der Waals surface area contributed by atoms with Gasteiger partial charge in [-0.05, 0) is 59.8 Å². The molecular weight excluding hydrogens is 818 g/mol. The monoisotopic (exact) mass is 869 g/mol. The van der Waals surface area contributed by atoms with Crippen LogP contribution in [0.4, 0.5) is 0 Å². The number of nitrogens with one attached hydrogen (secondary N) is 1. The Morgan fingerprint density at radius 3 is 1.87 bits per heavy atom. The van der Waals surface area contributed by atoms with Gasteiger partial charge in [0.25, 0.3) is 14.1 Å². The lowest BCUT2D eigenvalue weighted by Gasteiger charge is -2.37. The average molecular weight is 870 g/mol. The topological polar surface area (TPSA) is 113 Å². The van der Waals surface area contributed by atoms with Gasteiger partial charge in [0.15, 0.2) is 0 Å². The molecule has 0 saturated carbocycles. The van der Waals surface area contributed by atoms with E-state index >= 15 is 0 Å². The third-order valence-corrected chi connectivity index (χ3v) is 19.0. The van der Waals surface area contributed by atoms with Crippen molar-refractivity contribution in [3.63, 3.8) is 0 Å². The Morgan fingerprint density at radius 1 is 0.742 bits per heavy atom.